The van der Waals surface area contributed by atoms with E-state index in [0.717, 1.165) is 23.9 Å². The van der Waals surface area contributed by atoms with Crippen LogP contribution in [0.25, 0.3) is 11.0 Å². The van der Waals surface area contributed by atoms with Crippen LogP contribution in [0.3, 0.4) is 0 Å². The van der Waals surface area contributed by atoms with Crippen molar-refractivity contribution in [3.05, 3.63) is 48.6 Å². The molecule has 3 nitrogen and oxygen atoms in total. The van der Waals surface area contributed by atoms with E-state index in [-0.39, 0.29) is 0 Å². The zero-order valence-electron chi connectivity index (χ0n) is 8.53. The molecule has 15 heavy (non-hydrogen) atoms. The summed E-state index contributed by atoms with van der Waals surface area (Å²) in [6.45, 7) is 7.52. The zero-order valence-corrected chi connectivity index (χ0v) is 8.53. The minimum Gasteiger partial charge on any atom is -0.197 e. The van der Waals surface area contributed by atoms with Crippen LogP contribution in [0.2, 0.25) is 0 Å². The first-order valence-corrected chi connectivity index (χ1v) is 4.90. The summed E-state index contributed by atoms with van der Waals surface area (Å²) in [5, 5.41) is 10.9. The van der Waals surface area contributed by atoms with Crippen LogP contribution in [0, 0.1) is 0 Å². The average molecular weight is 199 g/mol. The zero-order chi connectivity index (χ0) is 10.7. The molecule has 0 spiro atoms. The molecule has 0 radical (unpaired) electrons. The molecule has 2 aromatic rings. The van der Waals surface area contributed by atoms with Gasteiger partial charge in [-0.05, 0) is 30.0 Å². The van der Waals surface area contributed by atoms with Gasteiger partial charge in [-0.1, -0.05) is 18.2 Å². The second-order valence-electron chi connectivity index (χ2n) is 3.38. The molecule has 0 amide bonds. The maximum atomic E-state index is 4.16. The van der Waals surface area contributed by atoms with E-state index in [4.69, 9.17) is 0 Å². The fourth-order valence-electron chi connectivity index (χ4n) is 1.73. The molecule has 0 atom stereocenters. The van der Waals surface area contributed by atoms with Gasteiger partial charge in [-0.25, -0.2) is 0 Å². The first kappa shape index (κ1) is 9.65. The normalized spacial score (nSPS) is 10.4. The van der Waals surface area contributed by atoms with Crippen LogP contribution >= 0.6 is 0 Å². The van der Waals surface area contributed by atoms with Gasteiger partial charge >= 0.3 is 0 Å². The lowest BCUT2D eigenvalue weighted by Crippen LogP contribution is -1.93. The third-order valence-corrected chi connectivity index (χ3v) is 2.40. The van der Waals surface area contributed by atoms with Crippen molar-refractivity contribution in [3.63, 3.8) is 0 Å². The first-order chi connectivity index (χ1) is 7.36. The summed E-state index contributed by atoms with van der Waals surface area (Å²) in [4.78, 5) is 0. The standard InChI is InChI=1S/C12H13N3/c1-3-5-9-7-8-11-12(14-15-13-11)10(9)6-4-2/h3-4,7-8H,1-2,5-6H2,(H,13,14,15). The van der Waals surface area contributed by atoms with E-state index >= 15 is 0 Å². The number of hydrogen-bond donors (Lipinski definition) is 1. The number of rotatable bonds is 4. The molecule has 0 aliphatic rings. The van der Waals surface area contributed by atoms with Crippen molar-refractivity contribution >= 4 is 11.0 Å². The van der Waals surface area contributed by atoms with Gasteiger partial charge in [0.25, 0.3) is 0 Å². The van der Waals surface area contributed by atoms with Crippen molar-refractivity contribution in [1.82, 2.24) is 15.4 Å². The molecular formula is C12H13N3. The molecular weight excluding hydrogens is 186 g/mol. The Hall–Kier alpha value is -1.90. The SMILES string of the molecule is C=CCc1ccc2n[nH]nc2c1CC=C. The first-order valence-electron chi connectivity index (χ1n) is 4.90. The number of aromatic amines is 1. The van der Waals surface area contributed by atoms with Crippen molar-refractivity contribution in [3.8, 4) is 0 Å². The average Bonchev–Trinajstić information content (AvgIpc) is 2.70. The van der Waals surface area contributed by atoms with Gasteiger partial charge in [0, 0.05) is 0 Å². The largest absolute Gasteiger partial charge is 0.197 e. The van der Waals surface area contributed by atoms with Gasteiger partial charge in [0.05, 0.1) is 0 Å². The maximum Gasteiger partial charge on any atom is 0.116 e. The minimum atomic E-state index is 0.813. The van der Waals surface area contributed by atoms with Crippen molar-refractivity contribution in [2.45, 2.75) is 12.8 Å². The molecule has 1 N–H and O–H groups in total. The van der Waals surface area contributed by atoms with E-state index < -0.39 is 0 Å². The molecule has 0 aliphatic carbocycles. The van der Waals surface area contributed by atoms with Crippen LogP contribution in [-0.4, -0.2) is 15.4 Å². The molecule has 0 unspecified atom stereocenters. The summed E-state index contributed by atoms with van der Waals surface area (Å²) >= 11 is 0. The number of nitrogens with one attached hydrogen (secondary N) is 1. The van der Waals surface area contributed by atoms with Crippen LogP contribution in [0.15, 0.2) is 37.4 Å². The van der Waals surface area contributed by atoms with Gasteiger partial charge in [0.2, 0.25) is 0 Å². The molecule has 0 saturated heterocycles. The Morgan fingerprint density at radius 1 is 1.13 bits per heavy atom. The van der Waals surface area contributed by atoms with E-state index in [1.54, 1.807) is 0 Å². The molecule has 1 aromatic heterocycles. The number of fused-ring (bicyclic) bond motifs is 1. The minimum absolute atomic E-state index is 0.813. The predicted molar refractivity (Wildman–Crippen MR) is 61.7 cm³/mol. The lowest BCUT2D eigenvalue weighted by Gasteiger charge is -2.05. The number of benzene rings is 1. The highest BCUT2D eigenvalue weighted by atomic mass is 15.3. The lowest BCUT2D eigenvalue weighted by atomic mass is 10.00. The number of allylic oxidation sites excluding steroid dienone is 2. The van der Waals surface area contributed by atoms with E-state index in [1.807, 2.05) is 18.2 Å². The predicted octanol–water partition coefficient (Wildman–Crippen LogP) is 2.41. The fraction of sp³-hybridized carbons (Fsp3) is 0.167. The highest BCUT2D eigenvalue weighted by Gasteiger charge is 2.08. The van der Waals surface area contributed by atoms with Gasteiger partial charge < -0.3 is 0 Å². The van der Waals surface area contributed by atoms with E-state index in [1.165, 1.54) is 11.1 Å². The summed E-state index contributed by atoms with van der Waals surface area (Å²) in [5.41, 5.74) is 4.27. The number of H-pyrrole nitrogens is 1. The molecule has 2 rings (SSSR count). The van der Waals surface area contributed by atoms with Crippen LogP contribution in [0.4, 0.5) is 0 Å². The molecule has 1 heterocycles. The Labute approximate surface area is 88.5 Å². The van der Waals surface area contributed by atoms with Crippen molar-refractivity contribution in [1.29, 1.82) is 0 Å². The van der Waals surface area contributed by atoms with E-state index in [0.29, 0.717) is 0 Å². The smallest absolute Gasteiger partial charge is 0.116 e. The van der Waals surface area contributed by atoms with Crippen molar-refractivity contribution in [2.75, 3.05) is 0 Å². The summed E-state index contributed by atoms with van der Waals surface area (Å²) in [6, 6.07) is 4.05. The Morgan fingerprint density at radius 2 is 1.93 bits per heavy atom. The quantitative estimate of drug-likeness (QED) is 0.768. The highest BCUT2D eigenvalue weighted by molar-refractivity contribution is 5.79. The molecule has 1 aromatic carbocycles. The van der Waals surface area contributed by atoms with E-state index in [9.17, 15) is 0 Å². The molecule has 0 bridgehead atoms. The van der Waals surface area contributed by atoms with Crippen LogP contribution in [0.1, 0.15) is 11.1 Å². The number of nitrogens with zero attached hydrogens (tertiary/aromatic N) is 2. The van der Waals surface area contributed by atoms with Crippen molar-refractivity contribution in [2.24, 2.45) is 0 Å². The molecule has 0 saturated carbocycles. The lowest BCUT2D eigenvalue weighted by molar-refractivity contribution is 0.957. The summed E-state index contributed by atoms with van der Waals surface area (Å²) in [5.74, 6) is 0. The number of aromatic nitrogens is 3. The van der Waals surface area contributed by atoms with Crippen LogP contribution in [0.5, 0.6) is 0 Å². The Morgan fingerprint density at radius 3 is 2.67 bits per heavy atom. The highest BCUT2D eigenvalue weighted by Crippen LogP contribution is 2.20. The molecule has 3 heteroatoms. The molecule has 76 valence electrons. The van der Waals surface area contributed by atoms with Gasteiger partial charge in [0.15, 0.2) is 0 Å². The second kappa shape index (κ2) is 4.09. The maximum absolute atomic E-state index is 4.16. The van der Waals surface area contributed by atoms with Gasteiger partial charge in [-0.2, -0.15) is 15.4 Å². The van der Waals surface area contributed by atoms with Crippen LogP contribution < -0.4 is 0 Å². The molecule has 0 aliphatic heterocycles. The van der Waals surface area contributed by atoms with Gasteiger partial charge in [0.1, 0.15) is 11.0 Å². The Balaban J connectivity index is 2.62. The third kappa shape index (κ3) is 1.68. The summed E-state index contributed by atoms with van der Waals surface area (Å²) in [7, 11) is 0. The molecule has 0 fully saturated rings. The van der Waals surface area contributed by atoms with Crippen molar-refractivity contribution < 1.29 is 0 Å². The monoisotopic (exact) mass is 199 g/mol. The fourth-order valence-corrected chi connectivity index (χ4v) is 1.73. The second-order valence-corrected chi connectivity index (χ2v) is 3.38. The van der Waals surface area contributed by atoms with E-state index in [2.05, 4.69) is 34.6 Å². The Kier molecular flexibility index (Phi) is 2.63. The number of hydrogen-bond acceptors (Lipinski definition) is 2. The topological polar surface area (TPSA) is 41.6 Å². The van der Waals surface area contributed by atoms with Gasteiger partial charge in [-0.15, -0.1) is 13.2 Å². The summed E-state index contributed by atoms with van der Waals surface area (Å²) in [6.07, 6.45) is 5.45. The summed E-state index contributed by atoms with van der Waals surface area (Å²) < 4.78 is 0. The van der Waals surface area contributed by atoms with Gasteiger partial charge in [-0.3, -0.25) is 0 Å². The van der Waals surface area contributed by atoms with Crippen LogP contribution in [-0.2, 0) is 12.8 Å². The Bertz CT molecular complexity index is 497. The third-order valence-electron chi connectivity index (χ3n) is 2.40.